The van der Waals surface area contributed by atoms with Crippen LogP contribution in [0.4, 0.5) is 0 Å². The van der Waals surface area contributed by atoms with Crippen LogP contribution in [0.25, 0.3) is 10.9 Å². The Kier molecular flexibility index (Phi) is 6.31. The number of nitrogens with two attached hydrogens (primary N) is 1. The zero-order chi connectivity index (χ0) is 22.0. The fourth-order valence-corrected chi connectivity index (χ4v) is 4.73. The minimum Gasteiger partial charge on any atom is -0.486 e. The van der Waals surface area contributed by atoms with Gasteiger partial charge >= 0.3 is 0 Å². The molecule has 0 aliphatic carbocycles. The van der Waals surface area contributed by atoms with Crippen molar-refractivity contribution >= 4 is 28.6 Å². The highest BCUT2D eigenvalue weighted by Gasteiger charge is 2.36. The van der Waals surface area contributed by atoms with Crippen LogP contribution in [-0.4, -0.2) is 41.5 Å². The van der Waals surface area contributed by atoms with Gasteiger partial charge in [0.25, 0.3) is 0 Å². The number of aliphatic hydroxyl groups is 1. The van der Waals surface area contributed by atoms with Crippen LogP contribution in [-0.2, 0) is 4.79 Å². The summed E-state index contributed by atoms with van der Waals surface area (Å²) >= 11 is 1.41. The molecule has 0 saturated heterocycles. The van der Waals surface area contributed by atoms with Crippen molar-refractivity contribution in [2.75, 3.05) is 20.3 Å². The predicted octanol–water partition coefficient (Wildman–Crippen LogP) is 2.97. The number of aromatic nitrogens is 1. The zero-order valence-corrected chi connectivity index (χ0v) is 18.2. The number of aliphatic hydroxyl groups excluding tert-OH is 1. The summed E-state index contributed by atoms with van der Waals surface area (Å²) in [7, 11) is 1.62. The largest absolute Gasteiger partial charge is 0.486 e. The molecule has 0 saturated carbocycles. The lowest BCUT2D eigenvalue weighted by molar-refractivity contribution is -0.120. The minimum atomic E-state index is -0.356. The maximum absolute atomic E-state index is 11.9. The molecule has 5 rings (SSSR count). The maximum atomic E-state index is 11.9. The Morgan fingerprint density at radius 3 is 2.48 bits per heavy atom. The van der Waals surface area contributed by atoms with Crippen molar-refractivity contribution in [2.45, 2.75) is 29.3 Å². The number of nitrogens with one attached hydrogen (secondary N) is 1. The van der Waals surface area contributed by atoms with E-state index >= 15 is 0 Å². The molecule has 2 aliphatic heterocycles. The van der Waals surface area contributed by atoms with Crippen LogP contribution in [0.15, 0.2) is 53.6 Å². The van der Waals surface area contributed by atoms with Crippen LogP contribution >= 0.6 is 11.8 Å². The maximum Gasteiger partial charge on any atom is 0.235 e. The third kappa shape index (κ3) is 4.46. The summed E-state index contributed by atoms with van der Waals surface area (Å²) in [5.74, 6) is 1.36. The minimum absolute atomic E-state index is 0.0782. The average molecular weight is 440 g/mol. The molecule has 2 aromatic carbocycles. The van der Waals surface area contributed by atoms with Gasteiger partial charge in [-0.15, -0.1) is 0 Å². The number of nitrogens with zero attached hydrogens (tertiary/aromatic N) is 1. The lowest BCUT2D eigenvalue weighted by atomic mass is 10.0. The molecule has 3 unspecified atom stereocenters. The molecule has 1 aromatic heterocycles. The molecule has 162 valence electrons. The molecular formula is C23H25N3O4S. The van der Waals surface area contributed by atoms with Gasteiger partial charge in [-0.2, -0.15) is 0 Å². The standard InChI is InChI=1S/C15H15N3O3S.C8H10O/c1-17-14(19)13-12(16)8-4-7-5-10-11(21-3-2-20-10)6-9(7)18-15(8)22-13;1-7(9)8-5-3-2-4-6-8/h4-6,12-13H,2-3,16H2,1H3,(H,17,19);2-7,9H,1H3. The molecule has 3 aromatic rings. The van der Waals surface area contributed by atoms with Crippen LogP contribution in [0, 0.1) is 0 Å². The second kappa shape index (κ2) is 9.13. The Bertz CT molecular complexity index is 1090. The third-order valence-corrected chi connectivity index (χ3v) is 6.49. The first-order chi connectivity index (χ1) is 15.0. The van der Waals surface area contributed by atoms with E-state index in [1.54, 1.807) is 14.0 Å². The number of fused-ring (bicyclic) bond motifs is 3. The fraction of sp³-hybridized carbons (Fsp3) is 0.304. The predicted molar refractivity (Wildman–Crippen MR) is 120 cm³/mol. The van der Waals surface area contributed by atoms with Gasteiger partial charge < -0.3 is 25.6 Å². The SMILES string of the molecule is CC(O)c1ccccc1.CNC(=O)C1Sc2nc3cc4c(cc3cc2C1N)OCCO4. The quantitative estimate of drug-likeness (QED) is 0.564. The van der Waals surface area contributed by atoms with Crippen molar-refractivity contribution < 1.29 is 19.4 Å². The zero-order valence-electron chi connectivity index (χ0n) is 17.4. The highest BCUT2D eigenvalue weighted by atomic mass is 32.2. The van der Waals surface area contributed by atoms with Gasteiger partial charge in [-0.05, 0) is 24.6 Å². The molecule has 7 nitrogen and oxygen atoms in total. The normalized spacial score (nSPS) is 19.7. The molecule has 1 amide bonds. The van der Waals surface area contributed by atoms with Gasteiger partial charge in [0.1, 0.15) is 23.5 Å². The Hall–Kier alpha value is -2.81. The molecule has 3 heterocycles. The van der Waals surface area contributed by atoms with E-state index < -0.39 is 0 Å². The topological polar surface area (TPSA) is 107 Å². The number of hydrogen-bond donors (Lipinski definition) is 3. The van der Waals surface area contributed by atoms with Gasteiger partial charge in [0.05, 0.1) is 17.7 Å². The number of benzene rings is 2. The van der Waals surface area contributed by atoms with Crippen molar-refractivity contribution in [1.82, 2.24) is 10.3 Å². The number of amides is 1. The third-order valence-electron chi connectivity index (χ3n) is 5.18. The second-order valence-corrected chi connectivity index (χ2v) is 8.47. The summed E-state index contributed by atoms with van der Waals surface area (Å²) in [5, 5.41) is 13.1. The van der Waals surface area contributed by atoms with E-state index in [1.165, 1.54) is 11.8 Å². The first-order valence-electron chi connectivity index (χ1n) is 10.1. The van der Waals surface area contributed by atoms with Crippen molar-refractivity contribution in [3.8, 4) is 11.5 Å². The number of pyridine rings is 1. The van der Waals surface area contributed by atoms with E-state index in [1.807, 2.05) is 48.5 Å². The van der Waals surface area contributed by atoms with Gasteiger partial charge in [-0.3, -0.25) is 4.79 Å². The Labute approximate surface area is 184 Å². The van der Waals surface area contributed by atoms with E-state index in [0.717, 1.165) is 32.8 Å². The summed E-state index contributed by atoms with van der Waals surface area (Å²) in [5.41, 5.74) is 8.91. The molecule has 0 radical (unpaired) electrons. The summed E-state index contributed by atoms with van der Waals surface area (Å²) in [6, 6.07) is 15.0. The Balaban J connectivity index is 0.000000217. The summed E-state index contributed by atoms with van der Waals surface area (Å²) in [6.07, 6.45) is -0.341. The molecule has 3 atom stereocenters. The number of rotatable bonds is 2. The van der Waals surface area contributed by atoms with Crippen LogP contribution in [0.5, 0.6) is 11.5 Å². The lowest BCUT2D eigenvalue weighted by Crippen LogP contribution is -2.35. The van der Waals surface area contributed by atoms with Crippen molar-refractivity contribution in [3.05, 3.63) is 59.7 Å². The average Bonchev–Trinajstić information content (AvgIpc) is 3.12. The summed E-state index contributed by atoms with van der Waals surface area (Å²) in [6.45, 7) is 2.85. The number of ether oxygens (including phenoxy) is 2. The monoisotopic (exact) mass is 439 g/mol. The van der Waals surface area contributed by atoms with E-state index in [9.17, 15) is 4.79 Å². The van der Waals surface area contributed by atoms with Crippen LogP contribution in [0.2, 0.25) is 0 Å². The molecule has 0 bridgehead atoms. The molecule has 8 heteroatoms. The van der Waals surface area contributed by atoms with Crippen molar-refractivity contribution in [1.29, 1.82) is 0 Å². The van der Waals surface area contributed by atoms with E-state index in [4.69, 9.17) is 20.3 Å². The number of carbonyl (C=O) groups excluding carboxylic acids is 1. The summed E-state index contributed by atoms with van der Waals surface area (Å²) in [4.78, 5) is 16.6. The molecule has 4 N–H and O–H groups in total. The number of thioether (sulfide) groups is 1. The molecule has 0 fully saturated rings. The first-order valence-corrected chi connectivity index (χ1v) is 11.0. The number of hydrogen-bond acceptors (Lipinski definition) is 7. The van der Waals surface area contributed by atoms with Gasteiger partial charge in [-0.25, -0.2) is 4.98 Å². The van der Waals surface area contributed by atoms with Crippen molar-refractivity contribution in [2.24, 2.45) is 5.73 Å². The second-order valence-electron chi connectivity index (χ2n) is 7.34. The smallest absolute Gasteiger partial charge is 0.235 e. The van der Waals surface area contributed by atoms with E-state index in [2.05, 4.69) is 10.3 Å². The van der Waals surface area contributed by atoms with Crippen LogP contribution < -0.4 is 20.5 Å². The van der Waals surface area contributed by atoms with Gasteiger partial charge in [0.15, 0.2) is 11.5 Å². The molecule has 0 spiro atoms. The van der Waals surface area contributed by atoms with Gasteiger partial charge in [0, 0.05) is 24.1 Å². The van der Waals surface area contributed by atoms with E-state index in [-0.39, 0.29) is 23.3 Å². The Morgan fingerprint density at radius 1 is 1.19 bits per heavy atom. The summed E-state index contributed by atoms with van der Waals surface area (Å²) < 4.78 is 11.2. The fourth-order valence-electron chi connectivity index (χ4n) is 3.49. The molecule has 2 aliphatic rings. The lowest BCUT2D eigenvalue weighted by Gasteiger charge is -2.19. The number of carbonyl (C=O) groups is 1. The van der Waals surface area contributed by atoms with E-state index in [0.29, 0.717) is 19.0 Å². The van der Waals surface area contributed by atoms with Gasteiger partial charge in [0.2, 0.25) is 5.91 Å². The molecular weight excluding hydrogens is 414 g/mol. The highest BCUT2D eigenvalue weighted by molar-refractivity contribution is 8.01. The van der Waals surface area contributed by atoms with Crippen LogP contribution in [0.3, 0.4) is 0 Å². The van der Waals surface area contributed by atoms with Gasteiger partial charge in [-0.1, -0.05) is 42.1 Å². The Morgan fingerprint density at radius 2 is 1.87 bits per heavy atom. The molecule has 31 heavy (non-hydrogen) atoms. The van der Waals surface area contributed by atoms with Crippen molar-refractivity contribution in [3.63, 3.8) is 0 Å². The first kappa shape index (κ1) is 21.4. The highest BCUT2D eigenvalue weighted by Crippen LogP contribution is 2.44. The van der Waals surface area contributed by atoms with Crippen LogP contribution in [0.1, 0.15) is 30.2 Å².